The van der Waals surface area contributed by atoms with Crippen molar-refractivity contribution in [3.8, 4) is 0 Å². The van der Waals surface area contributed by atoms with Crippen LogP contribution < -0.4 is 11.0 Å². The number of hydrogen-bond donors (Lipinski definition) is 3. The molecule has 0 saturated carbocycles. The first-order valence-corrected chi connectivity index (χ1v) is 6.71. The van der Waals surface area contributed by atoms with E-state index in [0.717, 1.165) is 4.57 Å². The highest BCUT2D eigenvalue weighted by Gasteiger charge is 2.54. The van der Waals surface area contributed by atoms with E-state index in [9.17, 15) is 19.8 Å². The summed E-state index contributed by atoms with van der Waals surface area (Å²) in [7, 11) is 0. The van der Waals surface area contributed by atoms with Gasteiger partial charge in [-0.2, -0.15) is 4.98 Å². The largest absolute Gasteiger partial charge is 0.394 e. The first kappa shape index (κ1) is 16.9. The maximum atomic E-state index is 12.1. The van der Waals surface area contributed by atoms with Crippen LogP contribution in [0.5, 0.6) is 0 Å². The Morgan fingerprint density at radius 1 is 1.70 bits per heavy atom. The fourth-order valence-electron chi connectivity index (χ4n) is 2.44. The monoisotopic (exact) mass is 324 g/mol. The molecule has 0 radical (unpaired) electrons. The molecule has 2 heterocycles. The number of carbonyl (C=O) groups is 1. The van der Waals surface area contributed by atoms with Gasteiger partial charge >= 0.3 is 5.69 Å². The second-order valence-electron chi connectivity index (χ2n) is 5.25. The van der Waals surface area contributed by atoms with Crippen molar-refractivity contribution in [1.29, 1.82) is 0 Å². The van der Waals surface area contributed by atoms with E-state index >= 15 is 0 Å². The van der Waals surface area contributed by atoms with Crippen LogP contribution in [-0.2, 0) is 9.53 Å². The van der Waals surface area contributed by atoms with Gasteiger partial charge in [-0.1, -0.05) is 5.11 Å². The van der Waals surface area contributed by atoms with Crippen molar-refractivity contribution in [1.82, 2.24) is 9.55 Å². The number of aliphatic hydroxyl groups is 2. The van der Waals surface area contributed by atoms with Crippen molar-refractivity contribution in [3.05, 3.63) is 33.2 Å². The van der Waals surface area contributed by atoms with Crippen LogP contribution in [0.4, 0.5) is 5.82 Å². The van der Waals surface area contributed by atoms with Crippen LogP contribution in [0, 0.1) is 0 Å². The maximum absolute atomic E-state index is 12.1. The highest BCUT2D eigenvalue weighted by atomic mass is 16.5. The van der Waals surface area contributed by atoms with Gasteiger partial charge in [-0.25, -0.2) is 4.79 Å². The zero-order valence-corrected chi connectivity index (χ0v) is 12.4. The molecular formula is C12H16N6O5. The Morgan fingerprint density at radius 3 is 2.91 bits per heavy atom. The molecule has 0 bridgehead atoms. The van der Waals surface area contributed by atoms with Gasteiger partial charge in [0.25, 0.3) is 0 Å². The Balaban J connectivity index is 2.45. The highest BCUT2D eigenvalue weighted by molar-refractivity contribution is 5.87. The van der Waals surface area contributed by atoms with Gasteiger partial charge in [0.2, 0.25) is 5.91 Å². The molecule has 23 heavy (non-hydrogen) atoms. The second kappa shape index (κ2) is 6.34. The molecule has 1 saturated heterocycles. The summed E-state index contributed by atoms with van der Waals surface area (Å²) in [6.45, 7) is 2.17. The number of azide groups is 1. The Bertz CT molecular complexity index is 714. The van der Waals surface area contributed by atoms with E-state index in [2.05, 4.69) is 20.3 Å². The number of nitrogens with one attached hydrogen (secondary N) is 1. The first-order chi connectivity index (χ1) is 10.8. The lowest BCUT2D eigenvalue weighted by Crippen LogP contribution is -2.44. The lowest BCUT2D eigenvalue weighted by atomic mass is 9.93. The van der Waals surface area contributed by atoms with Gasteiger partial charge in [-0.15, -0.1) is 0 Å². The molecule has 1 fully saturated rings. The van der Waals surface area contributed by atoms with Gasteiger partial charge in [0.15, 0.2) is 6.23 Å². The molecule has 124 valence electrons. The molecule has 1 amide bonds. The number of ether oxygens (including phenoxy) is 1. The molecular weight excluding hydrogens is 308 g/mol. The van der Waals surface area contributed by atoms with Crippen molar-refractivity contribution in [2.45, 2.75) is 37.8 Å². The fourth-order valence-corrected chi connectivity index (χ4v) is 2.44. The average molecular weight is 324 g/mol. The Labute approximate surface area is 130 Å². The van der Waals surface area contributed by atoms with Crippen molar-refractivity contribution in [2.24, 2.45) is 5.11 Å². The molecule has 11 heteroatoms. The van der Waals surface area contributed by atoms with Crippen LogP contribution in [0.2, 0.25) is 0 Å². The maximum Gasteiger partial charge on any atom is 0.351 e. The van der Waals surface area contributed by atoms with Crippen molar-refractivity contribution in [2.75, 3.05) is 11.9 Å². The molecule has 0 aromatic carbocycles. The third-order valence-corrected chi connectivity index (χ3v) is 3.58. The fraction of sp³-hybridized carbons (Fsp3) is 0.583. The van der Waals surface area contributed by atoms with Crippen molar-refractivity contribution in [3.63, 3.8) is 0 Å². The molecule has 1 aliphatic heterocycles. The SMILES string of the molecule is CC(=O)Nc1ccn(C2O[C@H](CO)[C@@H](O)[C@@]2(C)N=[N+]=[N-])c(=O)n1. The minimum atomic E-state index is -1.51. The zero-order chi connectivity index (χ0) is 17.2. The molecule has 2 rings (SSSR count). The number of hydrogen-bond acceptors (Lipinski definition) is 7. The first-order valence-electron chi connectivity index (χ1n) is 6.71. The number of anilines is 1. The predicted molar refractivity (Wildman–Crippen MR) is 77.4 cm³/mol. The molecule has 3 N–H and O–H groups in total. The van der Waals surface area contributed by atoms with Crippen LogP contribution in [-0.4, -0.2) is 50.0 Å². The lowest BCUT2D eigenvalue weighted by Gasteiger charge is -2.28. The van der Waals surface area contributed by atoms with Crippen molar-refractivity contribution >= 4 is 11.7 Å². The molecule has 1 aromatic rings. The molecule has 4 atom stereocenters. The van der Waals surface area contributed by atoms with Gasteiger partial charge in [-0.3, -0.25) is 9.36 Å². The van der Waals surface area contributed by atoms with E-state index in [1.54, 1.807) is 0 Å². The standard InChI is InChI=1S/C12H16N6O5/c1-6(20)14-8-3-4-18(11(22)15-8)10-12(2,16-17-13)9(21)7(5-19)23-10/h3-4,7,9-10,19,21H,5H2,1-2H3,(H,14,15,20,22)/t7-,9-,10?,12-/m1/s1. The molecule has 0 spiro atoms. The Kier molecular flexibility index (Phi) is 4.66. The summed E-state index contributed by atoms with van der Waals surface area (Å²) in [6.07, 6.45) is -2.19. The van der Waals surface area contributed by atoms with Crippen LogP contribution >= 0.6 is 0 Å². The number of aliphatic hydroxyl groups excluding tert-OH is 2. The summed E-state index contributed by atoms with van der Waals surface area (Å²) in [6, 6.07) is 1.36. The van der Waals surface area contributed by atoms with Gasteiger partial charge < -0.3 is 20.3 Å². The number of aromatic nitrogens is 2. The van der Waals surface area contributed by atoms with Crippen molar-refractivity contribution < 1.29 is 19.7 Å². The summed E-state index contributed by atoms with van der Waals surface area (Å²) in [5, 5.41) is 25.3. The number of amides is 1. The van der Waals surface area contributed by atoms with Crippen LogP contribution in [0.3, 0.4) is 0 Å². The normalized spacial score (nSPS) is 29.8. The topological polar surface area (TPSA) is 162 Å². The number of rotatable bonds is 4. The van der Waals surface area contributed by atoms with E-state index in [1.807, 2.05) is 0 Å². The van der Waals surface area contributed by atoms with Crippen LogP contribution in [0.1, 0.15) is 20.1 Å². The van der Waals surface area contributed by atoms with Gasteiger partial charge in [0.05, 0.1) is 12.7 Å². The molecule has 0 aliphatic carbocycles. The molecule has 1 unspecified atom stereocenters. The number of carbonyl (C=O) groups excluding carboxylic acids is 1. The minimum Gasteiger partial charge on any atom is -0.394 e. The summed E-state index contributed by atoms with van der Waals surface area (Å²) in [5.41, 5.74) is 6.44. The molecule has 1 aromatic heterocycles. The van der Waals surface area contributed by atoms with Gasteiger partial charge in [-0.05, 0) is 18.5 Å². The predicted octanol–water partition coefficient (Wildman–Crippen LogP) is -0.479. The van der Waals surface area contributed by atoms with E-state index < -0.39 is 36.3 Å². The summed E-state index contributed by atoms with van der Waals surface area (Å²) in [4.78, 5) is 29.5. The van der Waals surface area contributed by atoms with Gasteiger partial charge in [0.1, 0.15) is 17.5 Å². The minimum absolute atomic E-state index is 0.0569. The summed E-state index contributed by atoms with van der Waals surface area (Å²) >= 11 is 0. The van der Waals surface area contributed by atoms with Crippen LogP contribution in [0.25, 0.3) is 10.4 Å². The third kappa shape index (κ3) is 3.03. The number of nitrogens with zero attached hydrogens (tertiary/aromatic N) is 5. The molecule has 1 aliphatic rings. The van der Waals surface area contributed by atoms with Crippen LogP contribution in [0.15, 0.2) is 22.2 Å². The summed E-state index contributed by atoms with van der Waals surface area (Å²) < 4.78 is 6.48. The van der Waals surface area contributed by atoms with E-state index in [0.29, 0.717) is 0 Å². The van der Waals surface area contributed by atoms with E-state index in [4.69, 9.17) is 10.3 Å². The average Bonchev–Trinajstić information content (AvgIpc) is 2.71. The summed E-state index contributed by atoms with van der Waals surface area (Å²) in [5.74, 6) is -0.331. The van der Waals surface area contributed by atoms with E-state index in [-0.39, 0.29) is 11.7 Å². The Hall–Kier alpha value is -2.46. The highest BCUT2D eigenvalue weighted by Crippen LogP contribution is 2.40. The van der Waals surface area contributed by atoms with E-state index in [1.165, 1.54) is 26.1 Å². The smallest absolute Gasteiger partial charge is 0.351 e. The Morgan fingerprint density at radius 2 is 2.39 bits per heavy atom. The third-order valence-electron chi connectivity index (χ3n) is 3.58. The second-order valence-corrected chi connectivity index (χ2v) is 5.25. The lowest BCUT2D eigenvalue weighted by molar-refractivity contribution is -0.114. The quantitative estimate of drug-likeness (QED) is 0.385. The van der Waals surface area contributed by atoms with Gasteiger partial charge in [0, 0.05) is 18.0 Å². The molecule has 11 nitrogen and oxygen atoms in total. The zero-order valence-electron chi connectivity index (χ0n) is 12.4.